The van der Waals surface area contributed by atoms with Crippen molar-refractivity contribution >= 4 is 9.84 Å². The second-order valence-corrected chi connectivity index (χ2v) is 7.01. The molecule has 1 saturated heterocycles. The van der Waals surface area contributed by atoms with Crippen LogP contribution in [0.4, 0.5) is 0 Å². The van der Waals surface area contributed by atoms with Gasteiger partial charge in [-0.1, -0.05) is 0 Å². The second kappa shape index (κ2) is 4.16. The van der Waals surface area contributed by atoms with Gasteiger partial charge in [-0.3, -0.25) is 4.84 Å². The lowest BCUT2D eigenvalue weighted by Crippen LogP contribution is -2.43. The Morgan fingerprint density at radius 2 is 2.00 bits per heavy atom. The van der Waals surface area contributed by atoms with Crippen LogP contribution in [0.2, 0.25) is 0 Å². The summed E-state index contributed by atoms with van der Waals surface area (Å²) in [4.78, 5) is 5.35. The predicted octanol–water partition coefficient (Wildman–Crippen LogP) is 0.883. The smallest absolute Gasteiger partial charge is 0.151 e. The monoisotopic (exact) mass is 221 g/mol. The molecule has 0 amide bonds. The quantitative estimate of drug-likeness (QED) is 0.703. The molecule has 84 valence electrons. The topological polar surface area (TPSA) is 55.4 Å². The fourth-order valence-electron chi connectivity index (χ4n) is 1.38. The van der Waals surface area contributed by atoms with Gasteiger partial charge in [0.1, 0.15) is 0 Å². The van der Waals surface area contributed by atoms with E-state index >= 15 is 0 Å². The number of hydrogen-bond acceptors (Lipinski definition) is 4. The van der Waals surface area contributed by atoms with Gasteiger partial charge in [-0.25, -0.2) is 8.42 Å². The molecule has 1 unspecified atom stereocenters. The summed E-state index contributed by atoms with van der Waals surface area (Å²) < 4.78 is 22.6. The predicted molar refractivity (Wildman–Crippen MR) is 55.6 cm³/mol. The van der Waals surface area contributed by atoms with Gasteiger partial charge in [-0.15, -0.1) is 0 Å². The molecule has 14 heavy (non-hydrogen) atoms. The van der Waals surface area contributed by atoms with Gasteiger partial charge in [0.25, 0.3) is 0 Å². The van der Waals surface area contributed by atoms with Gasteiger partial charge in [-0.05, 0) is 33.6 Å². The third kappa shape index (κ3) is 4.39. The second-order valence-electron chi connectivity index (χ2n) is 4.79. The van der Waals surface area contributed by atoms with E-state index in [-0.39, 0.29) is 17.4 Å². The van der Waals surface area contributed by atoms with Gasteiger partial charge in [0.15, 0.2) is 9.84 Å². The largest absolute Gasteiger partial charge is 0.296 e. The maximum Gasteiger partial charge on any atom is 0.151 e. The molecule has 1 aliphatic rings. The third-order valence-electron chi connectivity index (χ3n) is 1.99. The Morgan fingerprint density at radius 3 is 2.50 bits per heavy atom. The highest BCUT2D eigenvalue weighted by molar-refractivity contribution is 7.91. The Hall–Kier alpha value is -0.130. The molecule has 0 aromatic rings. The van der Waals surface area contributed by atoms with E-state index in [4.69, 9.17) is 4.84 Å². The summed E-state index contributed by atoms with van der Waals surface area (Å²) in [5.41, 5.74) is 2.56. The van der Waals surface area contributed by atoms with E-state index < -0.39 is 9.84 Å². The molecule has 1 N–H and O–H groups in total. The molecule has 1 rings (SSSR count). The maximum absolute atomic E-state index is 11.3. The van der Waals surface area contributed by atoms with Crippen molar-refractivity contribution in [2.45, 2.75) is 45.3 Å². The molecule has 0 aromatic heterocycles. The van der Waals surface area contributed by atoms with Gasteiger partial charge < -0.3 is 0 Å². The van der Waals surface area contributed by atoms with Gasteiger partial charge in [0.2, 0.25) is 0 Å². The lowest BCUT2D eigenvalue weighted by atomic mass is 10.2. The molecular weight excluding hydrogens is 202 g/mol. The standard InChI is InChI=1S/C9H19NO3S/c1-9(2,3)13-10-8-5-4-6-14(11,12)7-8/h8,10H,4-7H2,1-3H3. The van der Waals surface area contributed by atoms with Crippen molar-refractivity contribution < 1.29 is 13.3 Å². The van der Waals surface area contributed by atoms with Crippen LogP contribution in [0.15, 0.2) is 0 Å². The summed E-state index contributed by atoms with van der Waals surface area (Å²) in [5, 5.41) is 0. The Balaban J connectivity index is 2.39. The van der Waals surface area contributed by atoms with Gasteiger partial charge in [0, 0.05) is 6.04 Å². The molecule has 0 spiro atoms. The van der Waals surface area contributed by atoms with Crippen LogP contribution in [-0.4, -0.2) is 31.6 Å². The molecular formula is C9H19NO3S. The first-order valence-corrected chi connectivity index (χ1v) is 6.75. The van der Waals surface area contributed by atoms with E-state index in [2.05, 4.69) is 5.48 Å². The zero-order valence-corrected chi connectivity index (χ0v) is 9.86. The van der Waals surface area contributed by atoms with Crippen molar-refractivity contribution in [3.63, 3.8) is 0 Å². The van der Waals surface area contributed by atoms with Crippen molar-refractivity contribution in [3.8, 4) is 0 Å². The van der Waals surface area contributed by atoms with Crippen LogP contribution in [0.25, 0.3) is 0 Å². The van der Waals surface area contributed by atoms with Crippen molar-refractivity contribution in [2.75, 3.05) is 11.5 Å². The van der Waals surface area contributed by atoms with Crippen LogP contribution < -0.4 is 5.48 Å². The van der Waals surface area contributed by atoms with E-state index in [1.54, 1.807) is 0 Å². The fourth-order valence-corrected chi connectivity index (χ4v) is 3.00. The normalized spacial score (nSPS) is 27.5. The van der Waals surface area contributed by atoms with E-state index in [0.29, 0.717) is 5.75 Å². The Labute approximate surface area is 85.9 Å². The van der Waals surface area contributed by atoms with Crippen LogP contribution in [0.5, 0.6) is 0 Å². The van der Waals surface area contributed by atoms with Crippen molar-refractivity contribution in [3.05, 3.63) is 0 Å². The molecule has 1 atom stereocenters. The van der Waals surface area contributed by atoms with E-state index in [1.165, 1.54) is 0 Å². The highest BCUT2D eigenvalue weighted by atomic mass is 32.2. The van der Waals surface area contributed by atoms with Gasteiger partial charge >= 0.3 is 0 Å². The Morgan fingerprint density at radius 1 is 1.36 bits per heavy atom. The van der Waals surface area contributed by atoms with E-state index in [1.807, 2.05) is 20.8 Å². The zero-order chi connectivity index (χ0) is 10.8. The van der Waals surface area contributed by atoms with Crippen molar-refractivity contribution in [1.29, 1.82) is 0 Å². The number of hydroxylamine groups is 1. The van der Waals surface area contributed by atoms with Crippen LogP contribution in [0.1, 0.15) is 33.6 Å². The maximum atomic E-state index is 11.3. The molecule has 4 nitrogen and oxygen atoms in total. The summed E-state index contributed by atoms with van der Waals surface area (Å²) in [6, 6.07) is -0.0482. The first-order chi connectivity index (χ1) is 6.29. The summed E-state index contributed by atoms with van der Waals surface area (Å²) in [6.45, 7) is 5.78. The molecule has 0 saturated carbocycles. The number of nitrogens with one attached hydrogen (secondary N) is 1. The molecule has 5 heteroatoms. The van der Waals surface area contributed by atoms with Crippen LogP contribution in [0, 0.1) is 0 Å². The molecule has 1 aliphatic heterocycles. The highest BCUT2D eigenvalue weighted by Crippen LogP contribution is 2.13. The van der Waals surface area contributed by atoms with Crippen LogP contribution in [0.3, 0.4) is 0 Å². The first-order valence-electron chi connectivity index (χ1n) is 4.92. The van der Waals surface area contributed by atoms with Crippen molar-refractivity contribution in [2.24, 2.45) is 0 Å². The molecule has 0 bridgehead atoms. The Bertz CT molecular complexity index is 279. The zero-order valence-electron chi connectivity index (χ0n) is 9.04. The number of sulfone groups is 1. The summed E-state index contributed by atoms with van der Waals surface area (Å²) in [7, 11) is -2.84. The van der Waals surface area contributed by atoms with Crippen LogP contribution >= 0.6 is 0 Å². The minimum Gasteiger partial charge on any atom is -0.296 e. The average molecular weight is 221 g/mol. The minimum absolute atomic E-state index is 0.0482. The summed E-state index contributed by atoms with van der Waals surface area (Å²) >= 11 is 0. The minimum atomic E-state index is -2.84. The molecule has 1 fully saturated rings. The molecule has 1 heterocycles. The van der Waals surface area contributed by atoms with Crippen LogP contribution in [-0.2, 0) is 14.7 Å². The van der Waals surface area contributed by atoms with E-state index in [9.17, 15) is 8.42 Å². The van der Waals surface area contributed by atoms with Gasteiger partial charge in [0.05, 0.1) is 17.1 Å². The molecule has 0 aliphatic carbocycles. The lowest BCUT2D eigenvalue weighted by molar-refractivity contribution is -0.0867. The first kappa shape index (κ1) is 11.9. The number of hydrogen-bond donors (Lipinski definition) is 1. The SMILES string of the molecule is CC(C)(C)ONC1CCCS(=O)(=O)C1. The molecule has 0 radical (unpaired) electrons. The lowest BCUT2D eigenvalue weighted by Gasteiger charge is -2.27. The summed E-state index contributed by atoms with van der Waals surface area (Å²) in [6.07, 6.45) is 1.60. The average Bonchev–Trinajstić information content (AvgIpc) is 1.98. The summed E-state index contributed by atoms with van der Waals surface area (Å²) in [5.74, 6) is 0.518. The fraction of sp³-hybridized carbons (Fsp3) is 1.00. The Kier molecular flexibility index (Phi) is 3.55. The highest BCUT2D eigenvalue weighted by Gasteiger charge is 2.25. The van der Waals surface area contributed by atoms with Gasteiger partial charge in [-0.2, -0.15) is 5.48 Å². The number of rotatable bonds is 2. The third-order valence-corrected chi connectivity index (χ3v) is 3.82. The van der Waals surface area contributed by atoms with Crippen molar-refractivity contribution in [1.82, 2.24) is 5.48 Å². The van der Waals surface area contributed by atoms with E-state index in [0.717, 1.165) is 12.8 Å². The molecule has 0 aromatic carbocycles.